The van der Waals surface area contributed by atoms with Gasteiger partial charge in [-0.3, -0.25) is 9.20 Å². The van der Waals surface area contributed by atoms with E-state index in [4.69, 9.17) is 11.6 Å². The molecule has 0 N–H and O–H groups in total. The Morgan fingerprint density at radius 3 is 2.83 bits per heavy atom. The minimum absolute atomic E-state index is 0.0871. The summed E-state index contributed by atoms with van der Waals surface area (Å²) < 4.78 is 1.72. The molecule has 0 atom stereocenters. The molecule has 18 heavy (non-hydrogen) atoms. The number of allylic oxidation sites excluding steroid dienone is 1. The Hall–Kier alpha value is -1.81. The number of pyridine rings is 1. The number of ketones is 1. The molecule has 2 heterocycles. The van der Waals surface area contributed by atoms with Crippen LogP contribution in [0, 0.1) is 6.92 Å². The van der Waals surface area contributed by atoms with Crippen LogP contribution in [0.2, 0.25) is 5.02 Å². The Kier molecular flexibility index (Phi) is 3.39. The van der Waals surface area contributed by atoms with Crippen molar-refractivity contribution in [1.29, 1.82) is 0 Å². The van der Waals surface area contributed by atoms with E-state index in [1.165, 1.54) is 6.08 Å². The lowest BCUT2D eigenvalue weighted by Crippen LogP contribution is -2.06. The van der Waals surface area contributed by atoms with E-state index >= 15 is 0 Å². The number of aryl methyl sites for hydroxylation is 1. The van der Waals surface area contributed by atoms with Crippen LogP contribution in [0.5, 0.6) is 0 Å². The van der Waals surface area contributed by atoms with E-state index in [0.717, 1.165) is 5.65 Å². The van der Waals surface area contributed by atoms with Crippen molar-refractivity contribution in [3.8, 4) is 0 Å². The fraction of sp³-hybridized carbons (Fsp3) is 0.231. The predicted molar refractivity (Wildman–Crippen MR) is 72.1 cm³/mol. The van der Waals surface area contributed by atoms with E-state index in [0.29, 0.717) is 16.4 Å². The van der Waals surface area contributed by atoms with Crippen LogP contribution in [-0.4, -0.2) is 34.2 Å². The number of rotatable bonds is 3. The number of imidazole rings is 1. The van der Waals surface area contributed by atoms with Gasteiger partial charge in [-0.25, -0.2) is 4.98 Å². The molecule has 5 heteroatoms. The molecule has 0 amide bonds. The minimum Gasteiger partial charge on any atom is -0.383 e. The van der Waals surface area contributed by atoms with Crippen molar-refractivity contribution in [3.63, 3.8) is 0 Å². The zero-order valence-electron chi connectivity index (χ0n) is 10.5. The van der Waals surface area contributed by atoms with Crippen LogP contribution in [0.1, 0.15) is 16.2 Å². The van der Waals surface area contributed by atoms with Crippen molar-refractivity contribution < 1.29 is 4.79 Å². The monoisotopic (exact) mass is 263 g/mol. The number of carbonyl (C=O) groups excluding carboxylic acids is 1. The summed E-state index contributed by atoms with van der Waals surface area (Å²) >= 11 is 5.95. The molecule has 0 unspecified atom stereocenters. The third kappa shape index (κ3) is 2.38. The number of nitrogens with zero attached hydrogens (tertiary/aromatic N) is 3. The van der Waals surface area contributed by atoms with E-state index in [1.807, 2.05) is 25.9 Å². The third-order valence-corrected chi connectivity index (χ3v) is 2.74. The van der Waals surface area contributed by atoms with Crippen molar-refractivity contribution in [1.82, 2.24) is 14.3 Å². The van der Waals surface area contributed by atoms with Gasteiger partial charge >= 0.3 is 0 Å². The zero-order chi connectivity index (χ0) is 13.3. The number of carbonyl (C=O) groups is 1. The van der Waals surface area contributed by atoms with Crippen molar-refractivity contribution >= 4 is 23.0 Å². The average molecular weight is 264 g/mol. The molecule has 0 saturated heterocycles. The molecule has 2 rings (SSSR count). The van der Waals surface area contributed by atoms with Crippen molar-refractivity contribution in [3.05, 3.63) is 47.0 Å². The predicted octanol–water partition coefficient (Wildman–Crippen LogP) is 2.55. The molecule has 0 spiro atoms. The Labute approximate surface area is 110 Å². The summed E-state index contributed by atoms with van der Waals surface area (Å²) in [5.41, 5.74) is 1.97. The van der Waals surface area contributed by atoms with Gasteiger partial charge in [0.05, 0.1) is 10.7 Å². The van der Waals surface area contributed by atoms with Crippen LogP contribution in [0.4, 0.5) is 0 Å². The largest absolute Gasteiger partial charge is 0.383 e. The van der Waals surface area contributed by atoms with E-state index in [-0.39, 0.29) is 5.78 Å². The second-order valence-corrected chi connectivity index (χ2v) is 4.70. The highest BCUT2D eigenvalue weighted by Crippen LogP contribution is 2.17. The molecule has 0 aromatic carbocycles. The Balaban J connectivity index is 2.53. The average Bonchev–Trinajstić information content (AvgIpc) is 2.61. The molecule has 0 aliphatic heterocycles. The molecule has 2 aromatic heterocycles. The molecule has 0 fully saturated rings. The maximum atomic E-state index is 12.1. The van der Waals surface area contributed by atoms with Gasteiger partial charge in [-0.2, -0.15) is 0 Å². The topological polar surface area (TPSA) is 37.6 Å². The molecular formula is C13H14ClN3O. The van der Waals surface area contributed by atoms with Gasteiger partial charge in [0, 0.05) is 32.6 Å². The first kappa shape index (κ1) is 12.6. The molecule has 0 aliphatic rings. The van der Waals surface area contributed by atoms with Gasteiger partial charge in [-0.1, -0.05) is 11.6 Å². The Bertz CT molecular complexity index is 628. The summed E-state index contributed by atoms with van der Waals surface area (Å²) in [4.78, 5) is 18.3. The fourth-order valence-electron chi connectivity index (χ4n) is 1.73. The fourth-order valence-corrected chi connectivity index (χ4v) is 1.89. The van der Waals surface area contributed by atoms with Crippen LogP contribution in [-0.2, 0) is 0 Å². The summed E-state index contributed by atoms with van der Waals surface area (Å²) in [5.74, 6) is -0.0871. The summed E-state index contributed by atoms with van der Waals surface area (Å²) in [5, 5.41) is 0.575. The first-order valence-corrected chi connectivity index (χ1v) is 5.90. The van der Waals surface area contributed by atoms with Gasteiger partial charge in [0.25, 0.3) is 0 Å². The number of hydrogen-bond donors (Lipinski definition) is 0. The van der Waals surface area contributed by atoms with Crippen molar-refractivity contribution in [2.75, 3.05) is 14.1 Å². The standard InChI is InChI=1S/C13H14ClN3O/c1-9-13(11(18)6-7-16(2)3)17-8-10(14)4-5-12(17)15-9/h4-8H,1-3H3. The van der Waals surface area contributed by atoms with Gasteiger partial charge in [-0.15, -0.1) is 0 Å². The first-order valence-electron chi connectivity index (χ1n) is 5.52. The lowest BCUT2D eigenvalue weighted by Gasteiger charge is -2.03. The van der Waals surface area contributed by atoms with E-state index in [2.05, 4.69) is 4.98 Å². The second-order valence-electron chi connectivity index (χ2n) is 4.26. The van der Waals surface area contributed by atoms with Crippen LogP contribution in [0.25, 0.3) is 5.65 Å². The highest BCUT2D eigenvalue weighted by atomic mass is 35.5. The highest BCUT2D eigenvalue weighted by Gasteiger charge is 2.14. The van der Waals surface area contributed by atoms with Gasteiger partial charge < -0.3 is 4.90 Å². The summed E-state index contributed by atoms with van der Waals surface area (Å²) in [6.07, 6.45) is 4.94. The molecule has 0 saturated carbocycles. The SMILES string of the molecule is Cc1nc2ccc(Cl)cn2c1C(=O)C=CN(C)C. The minimum atomic E-state index is -0.0871. The summed E-state index contributed by atoms with van der Waals surface area (Å²) in [7, 11) is 3.73. The lowest BCUT2D eigenvalue weighted by atomic mass is 10.2. The smallest absolute Gasteiger partial charge is 0.205 e. The maximum absolute atomic E-state index is 12.1. The Morgan fingerprint density at radius 1 is 1.44 bits per heavy atom. The van der Waals surface area contributed by atoms with Crippen LogP contribution < -0.4 is 0 Å². The van der Waals surface area contributed by atoms with E-state index in [9.17, 15) is 4.79 Å². The van der Waals surface area contributed by atoms with Crippen LogP contribution >= 0.6 is 11.6 Å². The molecule has 0 bridgehead atoms. The van der Waals surface area contributed by atoms with Gasteiger partial charge in [0.1, 0.15) is 11.3 Å². The van der Waals surface area contributed by atoms with E-state index in [1.54, 1.807) is 28.9 Å². The van der Waals surface area contributed by atoms with Crippen LogP contribution in [0.3, 0.4) is 0 Å². The van der Waals surface area contributed by atoms with Crippen molar-refractivity contribution in [2.24, 2.45) is 0 Å². The number of halogens is 1. The maximum Gasteiger partial charge on any atom is 0.205 e. The van der Waals surface area contributed by atoms with Gasteiger partial charge in [0.2, 0.25) is 5.78 Å². The summed E-state index contributed by atoms with van der Waals surface area (Å²) in [6.45, 7) is 1.82. The van der Waals surface area contributed by atoms with Gasteiger partial charge in [0.15, 0.2) is 0 Å². The second kappa shape index (κ2) is 4.82. The number of fused-ring (bicyclic) bond motifs is 1. The molecule has 2 aromatic rings. The molecule has 94 valence electrons. The third-order valence-electron chi connectivity index (χ3n) is 2.51. The Morgan fingerprint density at radius 2 is 2.17 bits per heavy atom. The number of aromatic nitrogens is 2. The lowest BCUT2D eigenvalue weighted by molar-refractivity contribution is 0.104. The molecular weight excluding hydrogens is 250 g/mol. The van der Waals surface area contributed by atoms with Crippen LogP contribution in [0.15, 0.2) is 30.6 Å². The number of hydrogen-bond acceptors (Lipinski definition) is 3. The van der Waals surface area contributed by atoms with Gasteiger partial charge in [-0.05, 0) is 19.1 Å². The summed E-state index contributed by atoms with van der Waals surface area (Å²) in [6, 6.07) is 3.55. The molecule has 0 aliphatic carbocycles. The molecule has 4 nitrogen and oxygen atoms in total. The van der Waals surface area contributed by atoms with E-state index < -0.39 is 0 Å². The van der Waals surface area contributed by atoms with Crippen molar-refractivity contribution in [2.45, 2.75) is 6.92 Å². The molecule has 0 radical (unpaired) electrons. The normalized spacial score (nSPS) is 11.3. The first-order chi connectivity index (χ1) is 8.49. The quantitative estimate of drug-likeness (QED) is 0.631. The zero-order valence-corrected chi connectivity index (χ0v) is 11.3. The highest BCUT2D eigenvalue weighted by molar-refractivity contribution is 6.30.